The number of hydrogen-bond acceptors (Lipinski definition) is 1. The molecule has 3 nitrogen and oxygen atoms in total. The Labute approximate surface area is 121 Å². The summed E-state index contributed by atoms with van der Waals surface area (Å²) in [5.74, 6) is 2.65. The van der Waals surface area contributed by atoms with Gasteiger partial charge in [0.15, 0.2) is 0 Å². The van der Waals surface area contributed by atoms with Gasteiger partial charge < -0.3 is 10.6 Å². The minimum Gasteiger partial charge on any atom is -0.332 e. The Balaban J connectivity index is 1.38. The zero-order valence-corrected chi connectivity index (χ0v) is 12.3. The molecule has 0 aromatic rings. The molecule has 0 aromatic carbocycles. The largest absolute Gasteiger partial charge is 0.332 e. The molecule has 0 saturated heterocycles. The van der Waals surface area contributed by atoms with Crippen molar-refractivity contribution < 1.29 is 4.79 Å². The second-order valence-corrected chi connectivity index (χ2v) is 7.81. The molecule has 0 unspecified atom stereocenters. The average Bonchev–Trinajstić information content (AvgIpc) is 2.87. The van der Waals surface area contributed by atoms with Crippen LogP contribution in [0.25, 0.3) is 0 Å². The van der Waals surface area contributed by atoms with Crippen molar-refractivity contribution in [1.29, 1.82) is 0 Å². The highest BCUT2D eigenvalue weighted by Gasteiger charge is 2.51. The Morgan fingerprint density at radius 3 is 2.10 bits per heavy atom. The van der Waals surface area contributed by atoms with Gasteiger partial charge in [-0.05, 0) is 82.0 Å². The predicted octanol–water partition coefficient (Wildman–Crippen LogP) is 3.71. The molecule has 4 bridgehead atoms. The molecular weight excluding hydrogens is 248 g/mol. The molecule has 5 aliphatic rings. The van der Waals surface area contributed by atoms with Crippen molar-refractivity contribution >= 4 is 6.03 Å². The number of carbonyl (C=O) groups is 1. The topological polar surface area (TPSA) is 41.1 Å². The van der Waals surface area contributed by atoms with Crippen LogP contribution >= 0.6 is 0 Å². The van der Waals surface area contributed by atoms with Gasteiger partial charge in [-0.15, -0.1) is 0 Å². The molecule has 0 aromatic heterocycles. The van der Waals surface area contributed by atoms with E-state index in [0.717, 1.165) is 30.6 Å². The third kappa shape index (κ3) is 2.36. The maximum atomic E-state index is 12.2. The highest BCUT2D eigenvalue weighted by molar-refractivity contribution is 5.76. The number of urea groups is 1. The summed E-state index contributed by atoms with van der Waals surface area (Å²) in [4.78, 5) is 12.2. The molecule has 20 heavy (non-hydrogen) atoms. The number of allylic oxidation sites excluding steroid dienone is 1. The fraction of sp³-hybridized carbons (Fsp3) is 0.824. The molecule has 0 aliphatic heterocycles. The fourth-order valence-electron chi connectivity index (χ4n) is 5.68. The van der Waals surface area contributed by atoms with Gasteiger partial charge in [0.1, 0.15) is 0 Å². The molecule has 2 amide bonds. The highest BCUT2D eigenvalue weighted by Crippen LogP contribution is 2.55. The van der Waals surface area contributed by atoms with Gasteiger partial charge in [0.2, 0.25) is 0 Å². The third-order valence-corrected chi connectivity index (χ3v) is 6.07. The van der Waals surface area contributed by atoms with E-state index in [4.69, 9.17) is 0 Å². The summed E-state index contributed by atoms with van der Waals surface area (Å²) in [6.45, 7) is 0. The van der Waals surface area contributed by atoms with E-state index in [2.05, 4.69) is 10.6 Å². The van der Waals surface area contributed by atoms with Crippen LogP contribution in [-0.4, -0.2) is 11.6 Å². The second kappa shape index (κ2) is 4.78. The Morgan fingerprint density at radius 2 is 1.55 bits per heavy atom. The van der Waals surface area contributed by atoms with Crippen LogP contribution in [0.15, 0.2) is 11.8 Å². The molecule has 5 fully saturated rings. The normalized spacial score (nSPS) is 41.8. The Morgan fingerprint density at radius 1 is 1.00 bits per heavy atom. The van der Waals surface area contributed by atoms with Crippen molar-refractivity contribution in [3.63, 3.8) is 0 Å². The zero-order chi connectivity index (χ0) is 13.6. The van der Waals surface area contributed by atoms with Crippen molar-refractivity contribution in [2.75, 3.05) is 0 Å². The molecular formula is C17H26N2O. The molecule has 0 heterocycles. The van der Waals surface area contributed by atoms with E-state index in [0.29, 0.717) is 0 Å². The van der Waals surface area contributed by atoms with Crippen LogP contribution in [0.5, 0.6) is 0 Å². The van der Waals surface area contributed by atoms with Gasteiger partial charge in [-0.1, -0.05) is 5.57 Å². The first-order valence-corrected chi connectivity index (χ1v) is 8.47. The summed E-state index contributed by atoms with van der Waals surface area (Å²) in [5, 5.41) is 6.34. The van der Waals surface area contributed by atoms with Gasteiger partial charge in [-0.25, -0.2) is 4.79 Å². The zero-order valence-electron chi connectivity index (χ0n) is 12.3. The molecule has 5 saturated carbocycles. The number of nitrogens with one attached hydrogen (secondary N) is 2. The van der Waals surface area contributed by atoms with Crippen molar-refractivity contribution in [1.82, 2.24) is 10.6 Å². The van der Waals surface area contributed by atoms with Gasteiger partial charge in [0.25, 0.3) is 0 Å². The average molecular weight is 274 g/mol. The summed E-state index contributed by atoms with van der Waals surface area (Å²) < 4.78 is 0. The first-order chi connectivity index (χ1) is 9.71. The van der Waals surface area contributed by atoms with Crippen LogP contribution in [0.1, 0.15) is 64.2 Å². The van der Waals surface area contributed by atoms with E-state index in [9.17, 15) is 4.79 Å². The third-order valence-electron chi connectivity index (χ3n) is 6.07. The number of carbonyl (C=O) groups excluding carboxylic acids is 1. The predicted molar refractivity (Wildman–Crippen MR) is 79.1 cm³/mol. The lowest BCUT2D eigenvalue weighted by molar-refractivity contribution is -0.0133. The van der Waals surface area contributed by atoms with E-state index >= 15 is 0 Å². The Bertz CT molecular complexity index is 397. The molecule has 5 aliphatic carbocycles. The number of hydrogen-bond donors (Lipinski definition) is 2. The molecule has 0 spiro atoms. The summed E-state index contributed by atoms with van der Waals surface area (Å²) >= 11 is 0. The minimum atomic E-state index is 0.0337. The summed E-state index contributed by atoms with van der Waals surface area (Å²) in [5.41, 5.74) is 1.54. The van der Waals surface area contributed by atoms with Gasteiger partial charge in [0.05, 0.1) is 0 Å². The first kappa shape index (κ1) is 12.7. The van der Waals surface area contributed by atoms with E-state index in [1.807, 2.05) is 6.20 Å². The van der Waals surface area contributed by atoms with Crippen molar-refractivity contribution in [2.24, 2.45) is 17.8 Å². The number of amides is 2. The highest BCUT2D eigenvalue weighted by atomic mass is 16.2. The van der Waals surface area contributed by atoms with Gasteiger partial charge in [-0.3, -0.25) is 0 Å². The fourth-order valence-corrected chi connectivity index (χ4v) is 5.68. The van der Waals surface area contributed by atoms with Crippen molar-refractivity contribution in [3.8, 4) is 0 Å². The van der Waals surface area contributed by atoms with E-state index in [1.54, 1.807) is 0 Å². The van der Waals surface area contributed by atoms with Crippen LogP contribution in [0, 0.1) is 17.8 Å². The van der Waals surface area contributed by atoms with Gasteiger partial charge >= 0.3 is 6.03 Å². The maximum absolute atomic E-state index is 12.2. The number of rotatable bonds is 2. The molecule has 2 N–H and O–H groups in total. The smallest absolute Gasteiger partial charge is 0.319 e. The lowest BCUT2D eigenvalue weighted by atomic mass is 9.53. The van der Waals surface area contributed by atoms with Gasteiger partial charge in [-0.2, -0.15) is 0 Å². The summed E-state index contributed by atoms with van der Waals surface area (Å²) in [7, 11) is 0. The SMILES string of the molecule is O=C(NC=C1CCCC1)NC12CC3CC(CC(C3)C1)C2. The second-order valence-electron chi connectivity index (χ2n) is 7.81. The molecule has 0 radical (unpaired) electrons. The first-order valence-electron chi connectivity index (χ1n) is 8.47. The van der Waals surface area contributed by atoms with Crippen LogP contribution in [0.3, 0.4) is 0 Å². The minimum absolute atomic E-state index is 0.0337. The molecule has 3 heteroatoms. The molecule has 0 atom stereocenters. The molecule has 5 rings (SSSR count). The summed E-state index contributed by atoms with van der Waals surface area (Å²) in [6, 6.07) is 0.0337. The monoisotopic (exact) mass is 274 g/mol. The van der Waals surface area contributed by atoms with Crippen molar-refractivity contribution in [2.45, 2.75) is 69.7 Å². The maximum Gasteiger partial charge on any atom is 0.319 e. The van der Waals surface area contributed by atoms with Crippen LogP contribution in [0.4, 0.5) is 4.79 Å². The van der Waals surface area contributed by atoms with Gasteiger partial charge in [0, 0.05) is 11.7 Å². The van der Waals surface area contributed by atoms with Crippen LogP contribution in [-0.2, 0) is 0 Å². The lowest BCUT2D eigenvalue weighted by Crippen LogP contribution is -2.61. The lowest BCUT2D eigenvalue weighted by Gasteiger charge is -2.56. The van der Waals surface area contributed by atoms with E-state index in [1.165, 1.54) is 56.9 Å². The quantitative estimate of drug-likeness (QED) is 0.792. The standard InChI is InChI=1S/C17H26N2O/c20-16(18-11-12-3-1-2-4-12)19-17-8-13-5-14(9-17)7-15(6-13)10-17/h11,13-15H,1-10H2,(H2,18,19,20). The van der Waals surface area contributed by atoms with Crippen LogP contribution < -0.4 is 10.6 Å². The van der Waals surface area contributed by atoms with Crippen LogP contribution in [0.2, 0.25) is 0 Å². The van der Waals surface area contributed by atoms with E-state index in [-0.39, 0.29) is 11.6 Å². The molecule has 110 valence electrons. The van der Waals surface area contributed by atoms with Crippen molar-refractivity contribution in [3.05, 3.63) is 11.8 Å². The Hall–Kier alpha value is -0.990. The summed E-state index contributed by atoms with van der Waals surface area (Å²) in [6.07, 6.45) is 14.8. The Kier molecular flexibility index (Phi) is 3.04. The van der Waals surface area contributed by atoms with E-state index < -0.39 is 0 Å².